The van der Waals surface area contributed by atoms with Crippen LogP contribution in [0.15, 0.2) is 70.9 Å². The van der Waals surface area contributed by atoms with E-state index >= 15 is 0 Å². The van der Waals surface area contributed by atoms with Gasteiger partial charge in [0.05, 0.1) is 12.0 Å². The molecular weight excluding hydrogens is 458 g/mol. The highest BCUT2D eigenvalue weighted by Gasteiger charge is 2.80. The molecule has 0 bridgehead atoms. The largest absolute Gasteiger partial charge is 0.480 e. The average Bonchev–Trinajstić information content (AvgIpc) is 3.26. The molecule has 160 valence electrons. The van der Waals surface area contributed by atoms with E-state index in [0.29, 0.717) is 5.02 Å². The Kier molecular flexibility index (Phi) is 4.76. The Morgan fingerprint density at radius 3 is 2.45 bits per heavy atom. The summed E-state index contributed by atoms with van der Waals surface area (Å²) >= 11 is 7.04. The van der Waals surface area contributed by atoms with Crippen LogP contribution in [0.3, 0.4) is 0 Å². The molecule has 6 nitrogen and oxygen atoms in total. The molecule has 0 unspecified atom stereocenters. The van der Waals surface area contributed by atoms with Crippen LogP contribution in [0.1, 0.15) is 12.0 Å². The molecule has 1 N–H and O–H groups in total. The number of ether oxygens (including phenoxy) is 1. The molecule has 1 saturated carbocycles. The maximum Gasteiger partial charge on any atom is 0.326 e. The van der Waals surface area contributed by atoms with Crippen molar-refractivity contribution in [2.75, 3.05) is 13.3 Å². The fourth-order valence-corrected chi connectivity index (χ4v) is 7.71. The van der Waals surface area contributed by atoms with E-state index in [2.05, 4.69) is 0 Å². The summed E-state index contributed by atoms with van der Waals surface area (Å²) in [6.07, 6.45) is 0.175. The van der Waals surface area contributed by atoms with Crippen molar-refractivity contribution in [3.8, 4) is 10.4 Å². The zero-order valence-corrected chi connectivity index (χ0v) is 18.6. The minimum absolute atomic E-state index is 0.0810. The van der Waals surface area contributed by atoms with Crippen LogP contribution in [-0.2, 0) is 25.0 Å². The summed E-state index contributed by atoms with van der Waals surface area (Å²) in [7, 11) is -4.09. The summed E-state index contributed by atoms with van der Waals surface area (Å²) in [6.45, 7) is -0.132. The maximum absolute atomic E-state index is 13.6. The van der Waals surface area contributed by atoms with E-state index in [-0.39, 0.29) is 24.0 Å². The summed E-state index contributed by atoms with van der Waals surface area (Å²) in [5.74, 6) is -1.15. The lowest BCUT2D eigenvalue weighted by molar-refractivity contribution is -0.149. The number of rotatable bonds is 5. The highest BCUT2D eigenvalue weighted by molar-refractivity contribution is 7.91. The SMILES string of the molecule is O=C(O)[C@@]12C[C@]1(c1ccccc1)COCN2S(=O)(=O)c1ccc(-c2ccc(Cl)cc2)s1. The van der Waals surface area contributed by atoms with Crippen molar-refractivity contribution >= 4 is 38.9 Å². The number of hydrogen-bond donors (Lipinski definition) is 1. The first-order valence-electron chi connectivity index (χ1n) is 9.57. The Morgan fingerprint density at radius 2 is 1.77 bits per heavy atom. The van der Waals surface area contributed by atoms with Crippen LogP contribution in [0.4, 0.5) is 0 Å². The number of benzene rings is 2. The quantitative estimate of drug-likeness (QED) is 0.597. The van der Waals surface area contributed by atoms with E-state index in [1.165, 1.54) is 6.07 Å². The number of carbonyl (C=O) groups is 1. The van der Waals surface area contributed by atoms with Crippen molar-refractivity contribution < 1.29 is 23.1 Å². The molecule has 0 radical (unpaired) electrons. The fourth-order valence-electron chi connectivity index (χ4n) is 4.48. The van der Waals surface area contributed by atoms with Crippen LogP contribution in [0, 0.1) is 0 Å². The molecule has 5 rings (SSSR count). The Labute approximate surface area is 188 Å². The Balaban J connectivity index is 1.55. The number of halogens is 1. The lowest BCUT2D eigenvalue weighted by Crippen LogP contribution is -2.56. The molecule has 1 saturated heterocycles. The van der Waals surface area contributed by atoms with Crippen molar-refractivity contribution in [2.24, 2.45) is 0 Å². The van der Waals surface area contributed by atoms with E-state index in [9.17, 15) is 18.3 Å². The third kappa shape index (κ3) is 2.97. The first kappa shape index (κ1) is 20.7. The Morgan fingerprint density at radius 1 is 1.06 bits per heavy atom. The van der Waals surface area contributed by atoms with Crippen LogP contribution in [0.25, 0.3) is 10.4 Å². The van der Waals surface area contributed by atoms with Gasteiger partial charge in [0, 0.05) is 9.90 Å². The summed E-state index contributed by atoms with van der Waals surface area (Å²) in [5.41, 5.74) is -0.855. The van der Waals surface area contributed by atoms with Gasteiger partial charge in [0.15, 0.2) is 0 Å². The van der Waals surface area contributed by atoms with Crippen molar-refractivity contribution in [3.05, 3.63) is 77.3 Å². The summed E-state index contributed by atoms with van der Waals surface area (Å²) in [5, 5.41) is 10.8. The topological polar surface area (TPSA) is 83.9 Å². The first-order valence-corrected chi connectivity index (χ1v) is 12.2. The molecule has 2 heterocycles. The molecule has 2 aromatic carbocycles. The predicted octanol–water partition coefficient (Wildman–Crippen LogP) is 4.21. The van der Waals surface area contributed by atoms with Gasteiger partial charge in [-0.1, -0.05) is 54.1 Å². The standard InChI is InChI=1S/C22H18ClNO5S2/c23-17-8-6-15(7-9-17)18-10-11-19(30-18)31(27,28)24-14-29-13-21(12-22(21,24)20(25)26)16-4-2-1-3-5-16/h1-11H,12-14H2,(H,25,26)/t21-,22+/m1/s1. The second-order valence-corrected chi connectivity index (χ2v) is 11.4. The van der Waals surface area contributed by atoms with Gasteiger partial charge in [-0.15, -0.1) is 11.3 Å². The minimum atomic E-state index is -4.09. The normalized spacial score (nSPS) is 25.7. The lowest BCUT2D eigenvalue weighted by Gasteiger charge is -2.36. The van der Waals surface area contributed by atoms with Gasteiger partial charge in [-0.2, -0.15) is 4.31 Å². The molecule has 3 aromatic rings. The Hall–Kier alpha value is -2.23. The monoisotopic (exact) mass is 475 g/mol. The van der Waals surface area contributed by atoms with Gasteiger partial charge in [-0.05, 0) is 41.8 Å². The summed E-state index contributed by atoms with van der Waals surface area (Å²) in [6, 6.07) is 19.5. The third-order valence-corrected chi connectivity index (χ3v) is 9.85. The van der Waals surface area contributed by atoms with Crippen LogP contribution in [0.2, 0.25) is 5.02 Å². The molecular formula is C22H18ClNO5S2. The fraction of sp³-hybridized carbons (Fsp3) is 0.227. The van der Waals surface area contributed by atoms with Crippen molar-refractivity contribution in [3.63, 3.8) is 0 Å². The van der Waals surface area contributed by atoms with E-state index < -0.39 is 26.9 Å². The number of thiophene rings is 1. The van der Waals surface area contributed by atoms with Crippen LogP contribution in [-0.4, -0.2) is 42.7 Å². The molecule has 0 amide bonds. The minimum Gasteiger partial charge on any atom is -0.480 e. The van der Waals surface area contributed by atoms with Gasteiger partial charge in [0.25, 0.3) is 10.0 Å². The van der Waals surface area contributed by atoms with Crippen LogP contribution < -0.4 is 0 Å². The smallest absolute Gasteiger partial charge is 0.326 e. The van der Waals surface area contributed by atoms with E-state index in [1.54, 1.807) is 18.2 Å². The number of hydrogen-bond acceptors (Lipinski definition) is 5. The van der Waals surface area contributed by atoms with Gasteiger partial charge in [0.2, 0.25) is 0 Å². The Bertz CT molecular complexity index is 1260. The highest BCUT2D eigenvalue weighted by Crippen LogP contribution is 2.64. The number of aliphatic carboxylic acids is 1. The molecule has 2 atom stereocenters. The number of nitrogens with zero attached hydrogens (tertiary/aromatic N) is 1. The molecule has 9 heteroatoms. The van der Waals surface area contributed by atoms with Crippen LogP contribution in [0.5, 0.6) is 0 Å². The molecule has 2 aliphatic rings. The third-order valence-electron chi connectivity index (χ3n) is 6.14. The first-order chi connectivity index (χ1) is 14.8. The second kappa shape index (κ2) is 7.15. The number of fused-ring (bicyclic) bond motifs is 1. The molecule has 1 aliphatic heterocycles. The number of sulfonamides is 1. The summed E-state index contributed by atoms with van der Waals surface area (Å²) < 4.78 is 33.9. The predicted molar refractivity (Wildman–Crippen MR) is 118 cm³/mol. The molecule has 1 aromatic heterocycles. The van der Waals surface area contributed by atoms with Gasteiger partial charge < -0.3 is 9.84 Å². The van der Waals surface area contributed by atoms with Crippen molar-refractivity contribution in [1.82, 2.24) is 4.31 Å². The number of carboxylic acids is 1. The van der Waals surface area contributed by atoms with Gasteiger partial charge in [0.1, 0.15) is 16.5 Å². The maximum atomic E-state index is 13.6. The van der Waals surface area contributed by atoms with E-state index in [0.717, 1.165) is 31.6 Å². The highest BCUT2D eigenvalue weighted by atomic mass is 35.5. The van der Waals surface area contributed by atoms with Gasteiger partial charge in [-0.3, -0.25) is 4.79 Å². The molecule has 1 aliphatic carbocycles. The number of carboxylic acid groups (broad SMARTS) is 1. The molecule has 31 heavy (non-hydrogen) atoms. The summed E-state index contributed by atoms with van der Waals surface area (Å²) in [4.78, 5) is 13.2. The average molecular weight is 476 g/mol. The zero-order chi connectivity index (χ0) is 21.9. The second-order valence-electron chi connectivity index (χ2n) is 7.75. The molecule has 0 spiro atoms. The lowest BCUT2D eigenvalue weighted by atomic mass is 9.90. The molecule has 2 fully saturated rings. The van der Waals surface area contributed by atoms with Crippen LogP contribution >= 0.6 is 22.9 Å². The van der Waals surface area contributed by atoms with Crippen molar-refractivity contribution in [1.29, 1.82) is 0 Å². The van der Waals surface area contributed by atoms with Gasteiger partial charge in [-0.25, -0.2) is 8.42 Å². The van der Waals surface area contributed by atoms with Crippen molar-refractivity contribution in [2.45, 2.75) is 21.6 Å². The van der Waals surface area contributed by atoms with E-state index in [1.807, 2.05) is 42.5 Å². The van der Waals surface area contributed by atoms with E-state index in [4.69, 9.17) is 16.3 Å². The van der Waals surface area contributed by atoms with Gasteiger partial charge >= 0.3 is 5.97 Å². The zero-order valence-electron chi connectivity index (χ0n) is 16.2.